The van der Waals surface area contributed by atoms with E-state index < -0.39 is 48.5 Å². The van der Waals surface area contributed by atoms with Crippen LogP contribution in [0.25, 0.3) is 11.2 Å². The van der Waals surface area contributed by atoms with Crippen LogP contribution in [0.1, 0.15) is 12.6 Å². The molecule has 168 valence electrons. The molecule has 6 atom stereocenters. The summed E-state index contributed by atoms with van der Waals surface area (Å²) in [5, 5.41) is 10.1. The van der Waals surface area contributed by atoms with E-state index in [9.17, 15) is 28.6 Å². The van der Waals surface area contributed by atoms with Gasteiger partial charge >= 0.3 is 34.5 Å². The Kier molecular flexibility index (Phi) is 8.25. The van der Waals surface area contributed by atoms with Crippen molar-refractivity contribution in [1.29, 1.82) is 0 Å². The van der Waals surface area contributed by atoms with Gasteiger partial charge in [0.2, 0.25) is 0 Å². The number of anilines is 1. The third-order valence-electron chi connectivity index (χ3n) is 3.72. The van der Waals surface area contributed by atoms with Gasteiger partial charge in [-0.05, 0) is 0 Å². The zero-order valence-electron chi connectivity index (χ0n) is 15.6. The molecule has 6 N–H and O–H groups in total. The zero-order valence-corrected chi connectivity index (χ0v) is 18.2. The van der Waals surface area contributed by atoms with Crippen molar-refractivity contribution in [1.82, 2.24) is 19.5 Å². The standard InChI is InChI=1S/C10H16N5O12P3.Li/c11-9-8-10(13-3-12-9)15(4-14-8)7-1-5(16)6(25-7)2-24-29(20,21)27-30(22,23)26-28(17,18)19;/h3-7,16H,1-2H2,(H,20,21)(H,22,23)(H2,11,12,13)(H2,17,18,19);/q;+1/p-1. The van der Waals surface area contributed by atoms with Gasteiger partial charge in [0.05, 0.1) is 19.0 Å². The second-order valence-corrected chi connectivity index (χ2v) is 10.3. The first kappa shape index (κ1) is 26.5. The number of fused-ring (bicyclic) bond motifs is 1. The summed E-state index contributed by atoms with van der Waals surface area (Å²) >= 11 is 0. The summed E-state index contributed by atoms with van der Waals surface area (Å²) in [6.07, 6.45) is -0.692. The van der Waals surface area contributed by atoms with Gasteiger partial charge in [0, 0.05) is 6.42 Å². The average Bonchev–Trinajstić information content (AvgIpc) is 3.14. The van der Waals surface area contributed by atoms with Crippen LogP contribution >= 0.6 is 23.5 Å². The number of imidazole rings is 1. The van der Waals surface area contributed by atoms with Crippen LogP contribution in [0.15, 0.2) is 12.7 Å². The van der Waals surface area contributed by atoms with Crippen molar-refractivity contribution in [2.45, 2.75) is 24.9 Å². The number of phosphoric acid groups is 3. The van der Waals surface area contributed by atoms with Crippen molar-refractivity contribution in [2.24, 2.45) is 0 Å². The van der Waals surface area contributed by atoms with Crippen LogP contribution in [-0.2, 0) is 31.6 Å². The van der Waals surface area contributed by atoms with Gasteiger partial charge in [0.15, 0.2) is 11.5 Å². The molecule has 0 amide bonds. The Balaban J connectivity index is 0.00000341. The van der Waals surface area contributed by atoms with E-state index in [0.29, 0.717) is 11.2 Å². The number of phosphoric ester groups is 1. The summed E-state index contributed by atoms with van der Waals surface area (Å²) in [5.74, 6) is 0.122. The SMILES string of the molecule is Nc1ncnc2c1ncn2C1CC(O)C(COP(=O)(O)OP(=O)(O)OP(=O)([O-])O)O1.[Li+]. The van der Waals surface area contributed by atoms with Gasteiger partial charge < -0.3 is 35.2 Å². The topological polar surface area (TPSA) is 262 Å². The molecular formula is C10H15LiN5O12P3. The molecule has 1 aliphatic rings. The Bertz CT molecular complexity index is 1080. The van der Waals surface area contributed by atoms with Gasteiger partial charge in [-0.15, -0.1) is 0 Å². The molecule has 3 rings (SSSR count). The minimum absolute atomic E-state index is 0. The summed E-state index contributed by atoms with van der Waals surface area (Å²) in [4.78, 5) is 49.2. The van der Waals surface area contributed by atoms with Crippen LogP contribution in [-0.4, -0.2) is 58.1 Å². The molecule has 21 heteroatoms. The number of aromatic nitrogens is 4. The Morgan fingerprint density at radius 1 is 1.19 bits per heavy atom. The van der Waals surface area contributed by atoms with E-state index >= 15 is 0 Å². The zero-order chi connectivity index (χ0) is 22.3. The number of aliphatic hydroxyl groups is 1. The third kappa shape index (κ3) is 6.88. The predicted octanol–water partition coefficient (Wildman–Crippen LogP) is -4.23. The van der Waals surface area contributed by atoms with E-state index in [1.54, 1.807) is 0 Å². The molecule has 3 heterocycles. The van der Waals surface area contributed by atoms with E-state index in [1.165, 1.54) is 17.2 Å². The molecule has 0 saturated carbocycles. The number of hydrogen-bond acceptors (Lipinski definition) is 13. The van der Waals surface area contributed by atoms with E-state index in [2.05, 4.69) is 28.1 Å². The quantitative estimate of drug-likeness (QED) is 0.171. The first-order valence-corrected chi connectivity index (χ1v) is 12.3. The number of aliphatic hydroxyl groups excluding tert-OH is 1. The van der Waals surface area contributed by atoms with Gasteiger partial charge in [0.1, 0.15) is 24.2 Å². The molecule has 31 heavy (non-hydrogen) atoms. The minimum Gasteiger partial charge on any atom is -0.756 e. The maximum Gasteiger partial charge on any atom is 1.00 e. The molecule has 1 aliphatic heterocycles. The van der Waals surface area contributed by atoms with Gasteiger partial charge in [-0.25, -0.2) is 28.4 Å². The number of nitrogens with two attached hydrogens (primary N) is 1. The van der Waals surface area contributed by atoms with Gasteiger partial charge in [-0.2, -0.15) is 4.31 Å². The first-order valence-electron chi connectivity index (χ1n) is 7.79. The Morgan fingerprint density at radius 2 is 1.87 bits per heavy atom. The monoisotopic (exact) mass is 497 g/mol. The van der Waals surface area contributed by atoms with Crippen molar-refractivity contribution in [3.05, 3.63) is 12.7 Å². The minimum atomic E-state index is -5.75. The van der Waals surface area contributed by atoms with Gasteiger partial charge in [0.25, 0.3) is 7.82 Å². The summed E-state index contributed by atoms with van der Waals surface area (Å²) in [6.45, 7) is -0.802. The Hall–Kier alpha value is -0.723. The van der Waals surface area contributed by atoms with Crippen molar-refractivity contribution >= 4 is 40.4 Å². The largest absolute Gasteiger partial charge is 1.00 e. The van der Waals surface area contributed by atoms with E-state index in [4.69, 9.17) is 20.3 Å². The van der Waals surface area contributed by atoms with Crippen molar-refractivity contribution in [3.63, 3.8) is 0 Å². The van der Waals surface area contributed by atoms with E-state index in [-0.39, 0.29) is 31.1 Å². The van der Waals surface area contributed by atoms with Crippen LogP contribution < -0.4 is 29.5 Å². The number of rotatable bonds is 8. The second-order valence-electron chi connectivity index (χ2n) is 5.88. The Labute approximate surface area is 185 Å². The summed E-state index contributed by atoms with van der Waals surface area (Å²) in [6, 6.07) is 0. The average molecular weight is 497 g/mol. The second kappa shape index (κ2) is 9.64. The molecule has 17 nitrogen and oxygen atoms in total. The molecular weight excluding hydrogens is 482 g/mol. The van der Waals surface area contributed by atoms with Crippen LogP contribution in [0.5, 0.6) is 0 Å². The van der Waals surface area contributed by atoms with Crippen LogP contribution in [0.4, 0.5) is 5.82 Å². The Morgan fingerprint density at radius 3 is 2.52 bits per heavy atom. The molecule has 0 aromatic carbocycles. The van der Waals surface area contributed by atoms with Crippen molar-refractivity contribution in [3.8, 4) is 0 Å². The number of hydrogen-bond donors (Lipinski definition) is 5. The van der Waals surface area contributed by atoms with E-state index in [0.717, 1.165) is 0 Å². The number of ether oxygens (including phenoxy) is 1. The molecule has 0 spiro atoms. The number of nitrogens with zero attached hydrogens (tertiary/aromatic N) is 4. The first-order chi connectivity index (χ1) is 13.8. The molecule has 2 aromatic heterocycles. The predicted molar refractivity (Wildman–Crippen MR) is 91.9 cm³/mol. The molecule has 6 unspecified atom stereocenters. The maximum atomic E-state index is 11.7. The molecule has 0 bridgehead atoms. The van der Waals surface area contributed by atoms with Crippen LogP contribution in [0, 0.1) is 0 Å². The fourth-order valence-electron chi connectivity index (χ4n) is 2.58. The fraction of sp³-hybridized carbons (Fsp3) is 0.500. The van der Waals surface area contributed by atoms with Crippen LogP contribution in [0.3, 0.4) is 0 Å². The molecule has 1 fully saturated rings. The fourth-order valence-corrected chi connectivity index (χ4v) is 5.58. The summed E-state index contributed by atoms with van der Waals surface area (Å²) < 4.78 is 52.0. The van der Waals surface area contributed by atoms with Crippen molar-refractivity contribution in [2.75, 3.05) is 12.3 Å². The smallest absolute Gasteiger partial charge is 0.756 e. The normalized spacial score (nSPS) is 27.2. The maximum absolute atomic E-state index is 11.7. The van der Waals surface area contributed by atoms with Gasteiger partial charge in [-0.1, -0.05) is 0 Å². The number of nitrogen functional groups attached to an aromatic ring is 1. The summed E-state index contributed by atoms with van der Waals surface area (Å²) in [5.41, 5.74) is 6.29. The molecule has 2 aromatic rings. The third-order valence-corrected chi connectivity index (χ3v) is 7.49. The molecule has 0 radical (unpaired) electrons. The van der Waals surface area contributed by atoms with Crippen molar-refractivity contribution < 1.29 is 75.1 Å². The molecule has 1 saturated heterocycles. The van der Waals surface area contributed by atoms with Gasteiger partial charge in [-0.3, -0.25) is 13.7 Å². The molecule has 0 aliphatic carbocycles. The van der Waals surface area contributed by atoms with Crippen LogP contribution in [0.2, 0.25) is 0 Å². The summed E-state index contributed by atoms with van der Waals surface area (Å²) in [7, 11) is -16.8. The van der Waals surface area contributed by atoms with E-state index in [1.807, 2.05) is 0 Å².